The van der Waals surface area contributed by atoms with Gasteiger partial charge in [0.15, 0.2) is 11.5 Å². The van der Waals surface area contributed by atoms with Gasteiger partial charge in [-0.25, -0.2) is 0 Å². The van der Waals surface area contributed by atoms with Gasteiger partial charge in [-0.1, -0.05) is 13.8 Å². The number of fused-ring (bicyclic) bond motifs is 1. The molecule has 0 amide bonds. The lowest BCUT2D eigenvalue weighted by Crippen LogP contribution is -2.32. The molecule has 0 saturated heterocycles. The van der Waals surface area contributed by atoms with Crippen molar-refractivity contribution in [1.29, 1.82) is 0 Å². The molecule has 3 atom stereocenters. The van der Waals surface area contributed by atoms with Crippen molar-refractivity contribution in [3.63, 3.8) is 0 Å². The minimum Gasteiger partial charge on any atom is -0.454 e. The topological polar surface area (TPSA) is 30.5 Å². The molecular formula is C15H21NO2. The van der Waals surface area contributed by atoms with Gasteiger partial charge in [0, 0.05) is 17.8 Å². The van der Waals surface area contributed by atoms with Crippen molar-refractivity contribution in [2.45, 2.75) is 39.2 Å². The van der Waals surface area contributed by atoms with Gasteiger partial charge >= 0.3 is 0 Å². The summed E-state index contributed by atoms with van der Waals surface area (Å²) in [5.74, 6) is 3.32. The van der Waals surface area contributed by atoms with E-state index in [1.165, 1.54) is 19.3 Å². The lowest BCUT2D eigenvalue weighted by molar-refractivity contribution is 0.174. The van der Waals surface area contributed by atoms with E-state index in [1.807, 2.05) is 12.1 Å². The molecule has 1 aliphatic carbocycles. The summed E-state index contributed by atoms with van der Waals surface area (Å²) in [6.07, 6.45) is 3.91. The third kappa shape index (κ3) is 2.26. The average molecular weight is 247 g/mol. The second-order valence-electron chi connectivity index (χ2n) is 5.71. The molecule has 0 bridgehead atoms. The molecule has 0 spiro atoms. The van der Waals surface area contributed by atoms with Crippen molar-refractivity contribution >= 4 is 5.69 Å². The second kappa shape index (κ2) is 4.71. The van der Waals surface area contributed by atoms with E-state index in [0.717, 1.165) is 29.0 Å². The standard InChI is InChI=1S/C15H21NO2/c1-10-3-5-13(11(2)7-10)16-12-4-6-14-15(8-12)18-9-17-14/h4,6,8,10-11,13,16H,3,5,7,9H2,1-2H3. The average Bonchev–Trinajstić information content (AvgIpc) is 2.80. The summed E-state index contributed by atoms with van der Waals surface area (Å²) < 4.78 is 10.7. The molecule has 18 heavy (non-hydrogen) atoms. The van der Waals surface area contributed by atoms with Crippen LogP contribution in [0, 0.1) is 11.8 Å². The van der Waals surface area contributed by atoms with Crippen molar-refractivity contribution in [2.24, 2.45) is 11.8 Å². The Morgan fingerprint density at radius 2 is 1.94 bits per heavy atom. The number of benzene rings is 1. The summed E-state index contributed by atoms with van der Waals surface area (Å²) in [7, 11) is 0. The maximum Gasteiger partial charge on any atom is 0.231 e. The first-order valence-corrected chi connectivity index (χ1v) is 6.88. The molecular weight excluding hydrogens is 226 g/mol. The summed E-state index contributed by atoms with van der Waals surface area (Å²) in [5, 5.41) is 3.65. The number of rotatable bonds is 2. The van der Waals surface area contributed by atoms with Gasteiger partial charge in [0.1, 0.15) is 0 Å². The lowest BCUT2D eigenvalue weighted by Gasteiger charge is -2.33. The fourth-order valence-electron chi connectivity index (χ4n) is 3.08. The Kier molecular flexibility index (Phi) is 3.06. The monoisotopic (exact) mass is 247 g/mol. The number of anilines is 1. The van der Waals surface area contributed by atoms with E-state index < -0.39 is 0 Å². The molecule has 3 nitrogen and oxygen atoms in total. The molecule has 0 radical (unpaired) electrons. The van der Waals surface area contributed by atoms with Crippen LogP contribution in [-0.2, 0) is 0 Å². The molecule has 98 valence electrons. The molecule has 3 unspecified atom stereocenters. The number of hydrogen-bond acceptors (Lipinski definition) is 3. The third-order valence-corrected chi connectivity index (χ3v) is 4.16. The van der Waals surface area contributed by atoms with E-state index in [1.54, 1.807) is 0 Å². The van der Waals surface area contributed by atoms with Gasteiger partial charge in [0.05, 0.1) is 0 Å². The second-order valence-corrected chi connectivity index (χ2v) is 5.71. The Hall–Kier alpha value is -1.38. The van der Waals surface area contributed by atoms with Crippen molar-refractivity contribution < 1.29 is 9.47 Å². The highest BCUT2D eigenvalue weighted by Crippen LogP contribution is 2.36. The summed E-state index contributed by atoms with van der Waals surface area (Å²) in [4.78, 5) is 0. The zero-order valence-corrected chi connectivity index (χ0v) is 11.1. The molecule has 3 rings (SSSR count). The van der Waals surface area contributed by atoms with E-state index >= 15 is 0 Å². The predicted molar refractivity (Wildman–Crippen MR) is 72.2 cm³/mol. The zero-order valence-electron chi connectivity index (χ0n) is 11.1. The minimum absolute atomic E-state index is 0.343. The Morgan fingerprint density at radius 3 is 2.78 bits per heavy atom. The highest BCUT2D eigenvalue weighted by atomic mass is 16.7. The molecule has 2 aliphatic rings. The number of nitrogens with one attached hydrogen (secondary N) is 1. The van der Waals surface area contributed by atoms with Crippen LogP contribution in [0.3, 0.4) is 0 Å². The first-order chi connectivity index (χ1) is 8.72. The molecule has 1 aromatic carbocycles. The van der Waals surface area contributed by atoms with Gasteiger partial charge in [-0.05, 0) is 43.2 Å². The Morgan fingerprint density at radius 1 is 1.11 bits per heavy atom. The zero-order chi connectivity index (χ0) is 12.5. The lowest BCUT2D eigenvalue weighted by atomic mass is 9.80. The predicted octanol–water partition coefficient (Wildman–Crippen LogP) is 3.65. The van der Waals surface area contributed by atoms with E-state index in [4.69, 9.17) is 9.47 Å². The normalized spacial score (nSPS) is 30.2. The van der Waals surface area contributed by atoms with Crippen LogP contribution < -0.4 is 14.8 Å². The molecule has 0 aromatic heterocycles. The maximum atomic E-state index is 5.41. The minimum atomic E-state index is 0.343. The summed E-state index contributed by atoms with van der Waals surface area (Å²) in [6.45, 7) is 5.05. The molecule has 3 heteroatoms. The molecule has 1 heterocycles. The first-order valence-electron chi connectivity index (χ1n) is 6.88. The van der Waals surface area contributed by atoms with Crippen molar-refractivity contribution in [3.05, 3.63) is 18.2 Å². The SMILES string of the molecule is CC1CCC(Nc2ccc3c(c2)OCO3)C(C)C1. The van der Waals surface area contributed by atoms with Crippen LogP contribution in [-0.4, -0.2) is 12.8 Å². The number of ether oxygens (including phenoxy) is 2. The van der Waals surface area contributed by atoms with Crippen LogP contribution in [0.15, 0.2) is 18.2 Å². The summed E-state index contributed by atoms with van der Waals surface area (Å²) in [6, 6.07) is 6.70. The van der Waals surface area contributed by atoms with E-state index in [-0.39, 0.29) is 0 Å². The van der Waals surface area contributed by atoms with Gasteiger partial charge in [-0.15, -0.1) is 0 Å². The highest BCUT2D eigenvalue weighted by molar-refractivity contribution is 5.56. The fourth-order valence-corrected chi connectivity index (χ4v) is 3.08. The van der Waals surface area contributed by atoms with Crippen molar-refractivity contribution in [1.82, 2.24) is 0 Å². The quantitative estimate of drug-likeness (QED) is 0.865. The van der Waals surface area contributed by atoms with Gasteiger partial charge in [0.25, 0.3) is 0 Å². The van der Waals surface area contributed by atoms with Crippen LogP contribution in [0.5, 0.6) is 11.5 Å². The van der Waals surface area contributed by atoms with Gasteiger partial charge in [-0.3, -0.25) is 0 Å². The van der Waals surface area contributed by atoms with Crippen molar-refractivity contribution in [2.75, 3.05) is 12.1 Å². The molecule has 1 aliphatic heterocycles. The van der Waals surface area contributed by atoms with Crippen LogP contribution in [0.1, 0.15) is 33.1 Å². The Balaban J connectivity index is 1.69. The summed E-state index contributed by atoms with van der Waals surface area (Å²) >= 11 is 0. The van der Waals surface area contributed by atoms with Crippen LogP contribution in [0.4, 0.5) is 5.69 Å². The highest BCUT2D eigenvalue weighted by Gasteiger charge is 2.25. The molecule has 1 fully saturated rings. The Labute approximate surface area is 108 Å². The van der Waals surface area contributed by atoms with Crippen molar-refractivity contribution in [3.8, 4) is 11.5 Å². The fraction of sp³-hybridized carbons (Fsp3) is 0.600. The van der Waals surface area contributed by atoms with Gasteiger partial charge in [-0.2, -0.15) is 0 Å². The summed E-state index contributed by atoms with van der Waals surface area (Å²) in [5.41, 5.74) is 1.14. The van der Waals surface area contributed by atoms with E-state index in [2.05, 4.69) is 25.2 Å². The molecule has 1 N–H and O–H groups in total. The van der Waals surface area contributed by atoms with Crippen LogP contribution in [0.2, 0.25) is 0 Å². The van der Waals surface area contributed by atoms with Gasteiger partial charge < -0.3 is 14.8 Å². The van der Waals surface area contributed by atoms with Gasteiger partial charge in [0.2, 0.25) is 6.79 Å². The van der Waals surface area contributed by atoms with E-state index in [0.29, 0.717) is 12.8 Å². The van der Waals surface area contributed by atoms with Crippen LogP contribution >= 0.6 is 0 Å². The smallest absolute Gasteiger partial charge is 0.231 e. The van der Waals surface area contributed by atoms with E-state index in [9.17, 15) is 0 Å². The molecule has 1 saturated carbocycles. The number of hydrogen-bond donors (Lipinski definition) is 1. The first kappa shape index (κ1) is 11.7. The van der Waals surface area contributed by atoms with Crippen LogP contribution in [0.25, 0.3) is 0 Å². The largest absolute Gasteiger partial charge is 0.454 e. The third-order valence-electron chi connectivity index (χ3n) is 4.16. The molecule has 1 aromatic rings. The Bertz CT molecular complexity index is 433. The maximum absolute atomic E-state index is 5.41.